The Morgan fingerprint density at radius 2 is 2.04 bits per heavy atom. The summed E-state index contributed by atoms with van der Waals surface area (Å²) >= 11 is 10.1. The molecule has 1 fully saturated rings. The van der Waals surface area contributed by atoms with Gasteiger partial charge in [-0.25, -0.2) is 0 Å². The lowest BCUT2D eigenvalue weighted by Crippen LogP contribution is -2.36. The molecule has 124 valence electrons. The maximum absolute atomic E-state index is 6.56. The van der Waals surface area contributed by atoms with Crippen molar-refractivity contribution in [2.75, 3.05) is 18.0 Å². The normalized spacial score (nSPS) is 18.3. The highest BCUT2D eigenvalue weighted by molar-refractivity contribution is 9.10. The standard InChI is InChI=1S/C17H17BrClN5/c1-11-3-2-8-23(9-11)16-14(12-4-6-13(18)7-5-12)15(19)22-17-20-10-21-24(16)17/h4-7,10-11H,2-3,8-9H2,1H3. The van der Waals surface area contributed by atoms with Crippen molar-refractivity contribution in [3.05, 3.63) is 40.2 Å². The van der Waals surface area contributed by atoms with Gasteiger partial charge in [0.25, 0.3) is 5.78 Å². The molecule has 5 nitrogen and oxygen atoms in total. The number of anilines is 1. The summed E-state index contributed by atoms with van der Waals surface area (Å²) in [7, 11) is 0. The maximum Gasteiger partial charge on any atom is 0.255 e. The van der Waals surface area contributed by atoms with Gasteiger partial charge in [-0.1, -0.05) is 46.6 Å². The first-order valence-corrected chi connectivity index (χ1v) is 9.20. The second-order valence-corrected chi connectivity index (χ2v) is 7.55. The molecule has 4 rings (SSSR count). The van der Waals surface area contributed by atoms with E-state index < -0.39 is 0 Å². The third-order valence-corrected chi connectivity index (χ3v) is 5.25. The Balaban J connectivity index is 1.95. The Labute approximate surface area is 153 Å². The van der Waals surface area contributed by atoms with Gasteiger partial charge in [-0.2, -0.15) is 19.6 Å². The molecule has 0 amide bonds. The Kier molecular flexibility index (Phi) is 4.18. The van der Waals surface area contributed by atoms with Crippen LogP contribution < -0.4 is 4.90 Å². The largest absolute Gasteiger partial charge is 0.356 e. The third kappa shape index (κ3) is 2.78. The van der Waals surface area contributed by atoms with Crippen molar-refractivity contribution >= 4 is 39.1 Å². The molecule has 0 aliphatic carbocycles. The van der Waals surface area contributed by atoms with Gasteiger partial charge in [-0.15, -0.1) is 0 Å². The summed E-state index contributed by atoms with van der Waals surface area (Å²) in [6, 6.07) is 8.12. The molecule has 3 heterocycles. The smallest absolute Gasteiger partial charge is 0.255 e. The molecule has 0 radical (unpaired) electrons. The van der Waals surface area contributed by atoms with Crippen LogP contribution in [0, 0.1) is 5.92 Å². The number of halogens is 2. The number of rotatable bonds is 2. The minimum Gasteiger partial charge on any atom is -0.356 e. The summed E-state index contributed by atoms with van der Waals surface area (Å²) in [5.41, 5.74) is 1.94. The predicted octanol–water partition coefficient (Wildman–Crippen LogP) is 4.44. The molecule has 1 aromatic carbocycles. The molecule has 0 saturated carbocycles. The van der Waals surface area contributed by atoms with Crippen molar-refractivity contribution in [2.45, 2.75) is 19.8 Å². The van der Waals surface area contributed by atoms with Gasteiger partial charge >= 0.3 is 0 Å². The fourth-order valence-corrected chi connectivity index (χ4v) is 3.88. The van der Waals surface area contributed by atoms with Gasteiger partial charge < -0.3 is 4.90 Å². The molecule has 0 N–H and O–H groups in total. The quantitative estimate of drug-likeness (QED) is 0.590. The molecule has 1 aliphatic rings. The van der Waals surface area contributed by atoms with Crippen LogP contribution in [0.25, 0.3) is 16.9 Å². The molecular weight excluding hydrogens is 390 g/mol. The third-order valence-electron chi connectivity index (χ3n) is 4.45. The van der Waals surface area contributed by atoms with E-state index in [0.717, 1.165) is 40.9 Å². The van der Waals surface area contributed by atoms with E-state index in [1.165, 1.54) is 12.7 Å². The van der Waals surface area contributed by atoms with E-state index in [1.807, 2.05) is 24.3 Å². The van der Waals surface area contributed by atoms with Gasteiger partial charge in [0.05, 0.1) is 5.56 Å². The van der Waals surface area contributed by atoms with Crippen molar-refractivity contribution in [2.24, 2.45) is 5.92 Å². The Morgan fingerprint density at radius 1 is 1.25 bits per heavy atom. The summed E-state index contributed by atoms with van der Waals surface area (Å²) in [6.45, 7) is 4.26. The first-order valence-electron chi connectivity index (χ1n) is 8.03. The van der Waals surface area contributed by atoms with Gasteiger partial charge in [0.1, 0.15) is 17.3 Å². The zero-order valence-corrected chi connectivity index (χ0v) is 15.6. The average Bonchev–Trinajstić information content (AvgIpc) is 3.02. The number of nitrogens with zero attached hydrogens (tertiary/aromatic N) is 5. The molecule has 1 atom stereocenters. The predicted molar refractivity (Wildman–Crippen MR) is 99.5 cm³/mol. The Bertz CT molecular complexity index is 877. The zero-order valence-electron chi connectivity index (χ0n) is 13.3. The topological polar surface area (TPSA) is 46.3 Å². The molecule has 3 aromatic rings. The fourth-order valence-electron chi connectivity index (χ4n) is 3.34. The van der Waals surface area contributed by atoms with Crippen molar-refractivity contribution in [1.29, 1.82) is 0 Å². The summed E-state index contributed by atoms with van der Waals surface area (Å²) in [6.07, 6.45) is 3.95. The highest BCUT2D eigenvalue weighted by atomic mass is 79.9. The van der Waals surface area contributed by atoms with Crippen LogP contribution in [0.1, 0.15) is 19.8 Å². The van der Waals surface area contributed by atoms with Gasteiger partial charge in [0, 0.05) is 17.6 Å². The van der Waals surface area contributed by atoms with E-state index in [9.17, 15) is 0 Å². The number of benzene rings is 1. The van der Waals surface area contributed by atoms with E-state index in [-0.39, 0.29) is 0 Å². The zero-order chi connectivity index (χ0) is 16.7. The molecule has 2 aromatic heterocycles. The number of aromatic nitrogens is 4. The van der Waals surface area contributed by atoms with Crippen molar-refractivity contribution in [3.63, 3.8) is 0 Å². The maximum atomic E-state index is 6.56. The summed E-state index contributed by atoms with van der Waals surface area (Å²) in [5.74, 6) is 2.16. The van der Waals surface area contributed by atoms with Crippen LogP contribution in [-0.2, 0) is 0 Å². The van der Waals surface area contributed by atoms with E-state index in [2.05, 4.69) is 42.8 Å². The van der Waals surface area contributed by atoms with Gasteiger partial charge in [0.2, 0.25) is 0 Å². The molecule has 7 heteroatoms. The second-order valence-electron chi connectivity index (χ2n) is 6.27. The highest BCUT2D eigenvalue weighted by Gasteiger charge is 2.25. The number of piperidine rings is 1. The van der Waals surface area contributed by atoms with Crippen molar-refractivity contribution in [1.82, 2.24) is 19.6 Å². The monoisotopic (exact) mass is 405 g/mol. The molecule has 0 spiro atoms. The minimum absolute atomic E-state index is 0.464. The van der Waals surface area contributed by atoms with Gasteiger partial charge in [0.15, 0.2) is 0 Å². The Morgan fingerprint density at radius 3 is 2.79 bits per heavy atom. The molecule has 24 heavy (non-hydrogen) atoms. The molecule has 1 unspecified atom stereocenters. The van der Waals surface area contributed by atoms with Crippen LogP contribution in [0.3, 0.4) is 0 Å². The van der Waals surface area contributed by atoms with Crippen LogP contribution in [0.5, 0.6) is 0 Å². The molecule has 0 bridgehead atoms. The SMILES string of the molecule is CC1CCCN(c2c(-c3ccc(Br)cc3)c(Cl)nc3ncnn23)C1. The second kappa shape index (κ2) is 6.33. The lowest BCUT2D eigenvalue weighted by atomic mass is 9.99. The van der Waals surface area contributed by atoms with Crippen molar-refractivity contribution in [3.8, 4) is 11.1 Å². The first-order chi connectivity index (χ1) is 11.6. The minimum atomic E-state index is 0.464. The van der Waals surface area contributed by atoms with Crippen LogP contribution in [-0.4, -0.2) is 32.7 Å². The van der Waals surface area contributed by atoms with E-state index in [0.29, 0.717) is 16.8 Å². The fraction of sp³-hybridized carbons (Fsp3) is 0.353. The van der Waals surface area contributed by atoms with Crippen LogP contribution >= 0.6 is 27.5 Å². The lowest BCUT2D eigenvalue weighted by Gasteiger charge is -2.34. The van der Waals surface area contributed by atoms with Crippen LogP contribution in [0.15, 0.2) is 35.1 Å². The average molecular weight is 407 g/mol. The molecule has 1 aliphatic heterocycles. The summed E-state index contributed by atoms with van der Waals surface area (Å²) in [5, 5.41) is 4.86. The van der Waals surface area contributed by atoms with Crippen LogP contribution in [0.4, 0.5) is 5.82 Å². The highest BCUT2D eigenvalue weighted by Crippen LogP contribution is 2.38. The van der Waals surface area contributed by atoms with Gasteiger partial charge in [-0.3, -0.25) is 0 Å². The number of hydrogen-bond acceptors (Lipinski definition) is 4. The van der Waals surface area contributed by atoms with E-state index in [1.54, 1.807) is 4.52 Å². The van der Waals surface area contributed by atoms with E-state index in [4.69, 9.17) is 11.6 Å². The van der Waals surface area contributed by atoms with Crippen LogP contribution in [0.2, 0.25) is 5.15 Å². The van der Waals surface area contributed by atoms with Gasteiger partial charge in [-0.05, 0) is 36.5 Å². The van der Waals surface area contributed by atoms with E-state index >= 15 is 0 Å². The lowest BCUT2D eigenvalue weighted by molar-refractivity contribution is 0.443. The summed E-state index contributed by atoms with van der Waals surface area (Å²) < 4.78 is 2.84. The molecular formula is C17H17BrClN5. The summed E-state index contributed by atoms with van der Waals surface area (Å²) in [4.78, 5) is 11.0. The van der Waals surface area contributed by atoms with Crippen molar-refractivity contribution < 1.29 is 0 Å². The first kappa shape index (κ1) is 15.8. The number of fused-ring (bicyclic) bond motifs is 1. The molecule has 1 saturated heterocycles. The Hall–Kier alpha value is -1.66. The number of hydrogen-bond donors (Lipinski definition) is 0.